The molecule has 1 aromatic rings. The van der Waals surface area contributed by atoms with E-state index >= 15 is 0 Å². The number of nitrogens with one attached hydrogen (secondary N) is 1. The predicted molar refractivity (Wildman–Crippen MR) is 85.8 cm³/mol. The Morgan fingerprint density at radius 1 is 1.30 bits per heavy atom. The van der Waals surface area contributed by atoms with Crippen molar-refractivity contribution < 1.29 is 9.59 Å². The van der Waals surface area contributed by atoms with E-state index in [9.17, 15) is 9.59 Å². The average molecular weight is 322 g/mol. The number of amides is 2. The van der Waals surface area contributed by atoms with Crippen molar-refractivity contribution in [3.05, 3.63) is 11.4 Å². The molecule has 0 spiro atoms. The highest BCUT2D eigenvalue weighted by Gasteiger charge is 2.31. The molecule has 0 aromatic carbocycles. The zero-order valence-corrected chi connectivity index (χ0v) is 14.5. The molecule has 1 aromatic heterocycles. The average Bonchev–Trinajstić information content (AvgIpc) is 2.89. The van der Waals surface area contributed by atoms with Gasteiger partial charge in [0.2, 0.25) is 5.91 Å². The number of carbonyl (C=O) groups is 2. The van der Waals surface area contributed by atoms with E-state index < -0.39 is 0 Å². The zero-order valence-electron chi connectivity index (χ0n) is 14.5. The van der Waals surface area contributed by atoms with Crippen molar-refractivity contribution in [2.45, 2.75) is 52.9 Å². The van der Waals surface area contributed by atoms with Gasteiger partial charge in [-0.25, -0.2) is 4.68 Å². The molecule has 0 unspecified atom stereocenters. The standard InChI is InChI=1S/C15H26N6O2/c1-10(2)19(5)9-13(22)16-8-12-14-15(23)20(11(3)4)6-7-21(14)18-17-12/h10-11H,6-9H2,1-5H3,(H,16,22). The molecule has 8 nitrogen and oxygen atoms in total. The van der Waals surface area contributed by atoms with Gasteiger partial charge in [0.05, 0.1) is 19.6 Å². The molecule has 0 saturated heterocycles. The topological polar surface area (TPSA) is 83.4 Å². The van der Waals surface area contributed by atoms with E-state index in [2.05, 4.69) is 15.6 Å². The van der Waals surface area contributed by atoms with Crippen LogP contribution in [0.4, 0.5) is 0 Å². The highest BCUT2D eigenvalue weighted by molar-refractivity contribution is 5.94. The summed E-state index contributed by atoms with van der Waals surface area (Å²) in [5.41, 5.74) is 1.02. The summed E-state index contributed by atoms with van der Waals surface area (Å²) in [6.07, 6.45) is 0. The van der Waals surface area contributed by atoms with Crippen LogP contribution in [0.25, 0.3) is 0 Å². The second-order valence-corrected chi connectivity index (χ2v) is 6.49. The largest absolute Gasteiger partial charge is 0.349 e. The Labute approximate surface area is 136 Å². The third-order valence-electron chi connectivity index (χ3n) is 4.17. The Morgan fingerprint density at radius 3 is 2.61 bits per heavy atom. The van der Waals surface area contributed by atoms with Crippen molar-refractivity contribution in [1.29, 1.82) is 0 Å². The predicted octanol–water partition coefficient (Wildman–Crippen LogP) is 0.0987. The molecule has 0 atom stereocenters. The fourth-order valence-electron chi connectivity index (χ4n) is 2.44. The first-order valence-corrected chi connectivity index (χ1v) is 8.01. The van der Waals surface area contributed by atoms with Crippen LogP contribution in [0.2, 0.25) is 0 Å². The molecule has 1 aliphatic heterocycles. The Balaban J connectivity index is 2.02. The third-order valence-corrected chi connectivity index (χ3v) is 4.17. The van der Waals surface area contributed by atoms with Crippen molar-refractivity contribution >= 4 is 11.8 Å². The number of likely N-dealkylation sites (N-methyl/N-ethyl adjacent to an activating group) is 1. The van der Waals surface area contributed by atoms with E-state index in [1.165, 1.54) is 0 Å². The first kappa shape index (κ1) is 17.4. The van der Waals surface area contributed by atoms with Crippen molar-refractivity contribution in [2.24, 2.45) is 0 Å². The van der Waals surface area contributed by atoms with Crippen molar-refractivity contribution in [3.8, 4) is 0 Å². The number of hydrogen-bond donors (Lipinski definition) is 1. The van der Waals surface area contributed by atoms with Crippen LogP contribution in [0.1, 0.15) is 43.9 Å². The van der Waals surface area contributed by atoms with Gasteiger partial charge in [0, 0.05) is 18.6 Å². The van der Waals surface area contributed by atoms with Crippen LogP contribution >= 0.6 is 0 Å². The van der Waals surface area contributed by atoms with Gasteiger partial charge < -0.3 is 10.2 Å². The van der Waals surface area contributed by atoms with Gasteiger partial charge in [-0.05, 0) is 34.7 Å². The molecule has 0 radical (unpaired) electrons. The fourth-order valence-corrected chi connectivity index (χ4v) is 2.44. The molecular formula is C15H26N6O2. The Morgan fingerprint density at radius 2 is 2.00 bits per heavy atom. The second-order valence-electron chi connectivity index (χ2n) is 6.49. The van der Waals surface area contributed by atoms with E-state index in [1.54, 1.807) is 9.58 Å². The Kier molecular flexibility index (Phi) is 5.35. The quantitative estimate of drug-likeness (QED) is 0.803. The Hall–Kier alpha value is -1.96. The maximum atomic E-state index is 12.6. The highest BCUT2D eigenvalue weighted by Crippen LogP contribution is 2.16. The van der Waals surface area contributed by atoms with Gasteiger partial charge >= 0.3 is 0 Å². The molecular weight excluding hydrogens is 296 g/mol. The van der Waals surface area contributed by atoms with Crippen molar-refractivity contribution in [1.82, 2.24) is 30.1 Å². The minimum absolute atomic E-state index is 0.0696. The molecule has 8 heteroatoms. The third kappa shape index (κ3) is 3.87. The lowest BCUT2D eigenvalue weighted by Crippen LogP contribution is -2.45. The molecule has 2 amide bonds. The van der Waals surface area contributed by atoms with Gasteiger partial charge in [0.25, 0.3) is 5.91 Å². The summed E-state index contributed by atoms with van der Waals surface area (Å²) in [6.45, 7) is 9.84. The summed E-state index contributed by atoms with van der Waals surface area (Å²) in [7, 11) is 1.90. The van der Waals surface area contributed by atoms with E-state index in [0.717, 1.165) is 0 Å². The number of aromatic nitrogens is 3. The lowest BCUT2D eigenvalue weighted by atomic mass is 10.2. The Bertz CT molecular complexity index is 581. The summed E-state index contributed by atoms with van der Waals surface area (Å²) < 4.78 is 1.63. The van der Waals surface area contributed by atoms with Crippen LogP contribution < -0.4 is 5.32 Å². The van der Waals surface area contributed by atoms with Gasteiger partial charge in [-0.15, -0.1) is 5.10 Å². The van der Waals surface area contributed by atoms with Gasteiger partial charge in [0.1, 0.15) is 5.69 Å². The van der Waals surface area contributed by atoms with Crippen molar-refractivity contribution in [2.75, 3.05) is 20.1 Å². The molecule has 2 rings (SSSR count). The molecule has 0 saturated carbocycles. The first-order valence-electron chi connectivity index (χ1n) is 8.01. The van der Waals surface area contributed by atoms with E-state index in [0.29, 0.717) is 37.1 Å². The van der Waals surface area contributed by atoms with E-state index in [4.69, 9.17) is 0 Å². The monoisotopic (exact) mass is 322 g/mol. The number of fused-ring (bicyclic) bond motifs is 1. The van der Waals surface area contributed by atoms with Gasteiger partial charge in [-0.3, -0.25) is 14.5 Å². The number of carbonyl (C=O) groups excluding carboxylic acids is 2. The molecule has 2 heterocycles. The lowest BCUT2D eigenvalue weighted by Gasteiger charge is -2.30. The molecule has 1 aliphatic rings. The lowest BCUT2D eigenvalue weighted by molar-refractivity contribution is -0.122. The minimum atomic E-state index is -0.0908. The summed E-state index contributed by atoms with van der Waals surface area (Å²) in [5.74, 6) is -0.160. The minimum Gasteiger partial charge on any atom is -0.349 e. The maximum Gasteiger partial charge on any atom is 0.274 e. The normalized spacial score (nSPS) is 14.8. The fraction of sp³-hybridized carbons (Fsp3) is 0.733. The molecule has 0 fully saturated rings. The summed E-state index contributed by atoms with van der Waals surface area (Å²) in [6, 6.07) is 0.428. The van der Waals surface area contributed by atoms with Crippen LogP contribution in [-0.4, -0.2) is 68.8 Å². The zero-order chi connectivity index (χ0) is 17.1. The molecule has 23 heavy (non-hydrogen) atoms. The van der Waals surface area contributed by atoms with Crippen LogP contribution in [0.5, 0.6) is 0 Å². The van der Waals surface area contributed by atoms with Crippen molar-refractivity contribution in [3.63, 3.8) is 0 Å². The van der Waals surface area contributed by atoms with Crippen LogP contribution in [0.15, 0.2) is 0 Å². The second kappa shape index (κ2) is 7.08. The summed E-state index contributed by atoms with van der Waals surface area (Å²) in [5, 5.41) is 10.9. The smallest absolute Gasteiger partial charge is 0.274 e. The molecule has 0 bridgehead atoms. The highest BCUT2D eigenvalue weighted by atomic mass is 16.2. The SMILES string of the molecule is CC(C)N(C)CC(=O)NCc1nnn2c1C(=O)N(C(C)C)CC2. The van der Waals surface area contributed by atoms with Gasteiger partial charge in [-0.2, -0.15) is 0 Å². The van der Waals surface area contributed by atoms with Crippen LogP contribution in [-0.2, 0) is 17.9 Å². The van der Waals surface area contributed by atoms with Crippen LogP contribution in [0, 0.1) is 0 Å². The number of hydrogen-bond acceptors (Lipinski definition) is 5. The molecule has 128 valence electrons. The summed E-state index contributed by atoms with van der Waals surface area (Å²) in [4.78, 5) is 28.3. The van der Waals surface area contributed by atoms with Gasteiger partial charge in [-0.1, -0.05) is 5.21 Å². The molecule has 1 N–H and O–H groups in total. The number of nitrogens with zero attached hydrogens (tertiary/aromatic N) is 5. The van der Waals surface area contributed by atoms with Gasteiger partial charge in [0.15, 0.2) is 5.69 Å². The first-order chi connectivity index (χ1) is 10.8. The van der Waals surface area contributed by atoms with E-state index in [1.807, 2.05) is 39.6 Å². The molecule has 0 aliphatic carbocycles. The van der Waals surface area contributed by atoms with Crippen LogP contribution in [0.3, 0.4) is 0 Å². The number of rotatable bonds is 6. The summed E-state index contributed by atoms with van der Waals surface area (Å²) >= 11 is 0. The maximum absolute atomic E-state index is 12.6. The van der Waals surface area contributed by atoms with E-state index in [-0.39, 0.29) is 24.4 Å².